The molecule has 0 N–H and O–H groups in total. The molecule has 1 aliphatic rings. The van der Waals surface area contributed by atoms with Crippen LogP contribution >= 0.6 is 11.6 Å². The first kappa shape index (κ1) is 10.5. The highest BCUT2D eigenvalue weighted by Gasteiger charge is 2.13. The van der Waals surface area contributed by atoms with Crippen LogP contribution in [0.25, 0.3) is 0 Å². The van der Waals surface area contributed by atoms with Gasteiger partial charge in [0.15, 0.2) is 6.79 Å². The van der Waals surface area contributed by atoms with E-state index in [4.69, 9.17) is 21.1 Å². The molecule has 0 saturated carbocycles. The van der Waals surface area contributed by atoms with Crippen molar-refractivity contribution in [1.82, 2.24) is 0 Å². The van der Waals surface area contributed by atoms with Gasteiger partial charge in [0, 0.05) is 17.0 Å². The van der Waals surface area contributed by atoms with Crippen molar-refractivity contribution in [3.05, 3.63) is 28.3 Å². The van der Waals surface area contributed by atoms with Gasteiger partial charge in [-0.3, -0.25) is 0 Å². The van der Waals surface area contributed by atoms with Crippen LogP contribution in [-0.2, 0) is 22.6 Å². The van der Waals surface area contributed by atoms with Gasteiger partial charge in [0.1, 0.15) is 12.0 Å². The van der Waals surface area contributed by atoms with E-state index in [1.807, 2.05) is 12.1 Å². The molecule has 0 unspecified atom stereocenters. The van der Waals surface area contributed by atoms with Crippen molar-refractivity contribution >= 4 is 17.9 Å². The predicted molar refractivity (Wildman–Crippen MR) is 56.1 cm³/mol. The zero-order valence-corrected chi connectivity index (χ0v) is 8.92. The number of carbonyl (C=O) groups excluding carboxylic acids is 1. The summed E-state index contributed by atoms with van der Waals surface area (Å²) in [6.45, 7) is 0.810. The molecule has 3 nitrogen and oxygen atoms in total. The van der Waals surface area contributed by atoms with Gasteiger partial charge in [0.25, 0.3) is 0 Å². The Kier molecular flexibility index (Phi) is 3.23. The molecule has 1 aromatic rings. The standard InChI is InChI=1S/C11H11ClO3/c12-10-4-9-6-14-7-15-11(9)5-8(10)2-1-3-13/h3-5H,1-2,6-7H2. The zero-order valence-electron chi connectivity index (χ0n) is 8.16. The molecule has 1 aliphatic heterocycles. The van der Waals surface area contributed by atoms with E-state index in [-0.39, 0.29) is 6.79 Å². The second-order valence-electron chi connectivity index (χ2n) is 3.37. The van der Waals surface area contributed by atoms with Crippen molar-refractivity contribution in [2.24, 2.45) is 0 Å². The summed E-state index contributed by atoms with van der Waals surface area (Å²) in [5, 5.41) is 0.671. The van der Waals surface area contributed by atoms with Crippen molar-refractivity contribution in [3.63, 3.8) is 0 Å². The molecule has 80 valence electrons. The van der Waals surface area contributed by atoms with E-state index in [0.29, 0.717) is 24.5 Å². The number of benzene rings is 1. The summed E-state index contributed by atoms with van der Waals surface area (Å²) in [6, 6.07) is 3.74. The van der Waals surface area contributed by atoms with E-state index >= 15 is 0 Å². The van der Waals surface area contributed by atoms with E-state index in [1.54, 1.807) is 0 Å². The minimum Gasteiger partial charge on any atom is -0.467 e. The number of aldehydes is 1. The third kappa shape index (κ3) is 2.30. The molecule has 0 amide bonds. The van der Waals surface area contributed by atoms with Crippen LogP contribution in [0, 0.1) is 0 Å². The number of rotatable bonds is 3. The van der Waals surface area contributed by atoms with E-state index in [9.17, 15) is 4.79 Å². The minimum atomic E-state index is 0.280. The maximum absolute atomic E-state index is 10.3. The Morgan fingerprint density at radius 1 is 1.47 bits per heavy atom. The second kappa shape index (κ2) is 4.64. The maximum Gasteiger partial charge on any atom is 0.189 e. The average molecular weight is 227 g/mol. The first-order valence-electron chi connectivity index (χ1n) is 4.76. The average Bonchev–Trinajstić information content (AvgIpc) is 2.26. The Hall–Kier alpha value is -1.06. The number of fused-ring (bicyclic) bond motifs is 1. The molecule has 4 heteroatoms. The first-order valence-corrected chi connectivity index (χ1v) is 5.14. The third-order valence-corrected chi connectivity index (χ3v) is 2.67. The number of hydrogen-bond donors (Lipinski definition) is 0. The lowest BCUT2D eigenvalue weighted by molar-refractivity contribution is -0.107. The molecular formula is C11H11ClO3. The summed E-state index contributed by atoms with van der Waals surface area (Å²) in [5.74, 6) is 0.812. The monoisotopic (exact) mass is 226 g/mol. The predicted octanol–water partition coefficient (Wildman–Crippen LogP) is 2.34. The molecule has 0 fully saturated rings. The Labute approximate surface area is 92.9 Å². The van der Waals surface area contributed by atoms with Crippen LogP contribution in [0.2, 0.25) is 5.02 Å². The zero-order chi connectivity index (χ0) is 10.7. The summed E-state index contributed by atoms with van der Waals surface area (Å²) in [4.78, 5) is 10.3. The highest BCUT2D eigenvalue weighted by Crippen LogP contribution is 2.30. The minimum absolute atomic E-state index is 0.280. The Morgan fingerprint density at radius 3 is 3.13 bits per heavy atom. The smallest absolute Gasteiger partial charge is 0.189 e. The summed E-state index contributed by atoms with van der Waals surface area (Å²) in [5.41, 5.74) is 1.91. The molecule has 0 aromatic heterocycles. The third-order valence-electron chi connectivity index (χ3n) is 2.32. The summed E-state index contributed by atoms with van der Waals surface area (Å²) in [7, 11) is 0. The van der Waals surface area contributed by atoms with Crippen molar-refractivity contribution < 1.29 is 14.3 Å². The Bertz CT molecular complexity index is 376. The van der Waals surface area contributed by atoms with Gasteiger partial charge >= 0.3 is 0 Å². The molecule has 0 spiro atoms. The molecule has 0 atom stereocenters. The van der Waals surface area contributed by atoms with Crippen LogP contribution in [-0.4, -0.2) is 13.1 Å². The van der Waals surface area contributed by atoms with Crippen LogP contribution in [0.15, 0.2) is 12.1 Å². The van der Waals surface area contributed by atoms with Crippen LogP contribution in [0.3, 0.4) is 0 Å². The van der Waals surface area contributed by atoms with E-state index in [0.717, 1.165) is 23.2 Å². The van der Waals surface area contributed by atoms with Gasteiger partial charge in [-0.05, 0) is 24.1 Å². The fraction of sp³-hybridized carbons (Fsp3) is 0.364. The van der Waals surface area contributed by atoms with E-state index in [2.05, 4.69) is 0 Å². The van der Waals surface area contributed by atoms with Gasteiger partial charge in [-0.1, -0.05) is 11.6 Å². The van der Waals surface area contributed by atoms with E-state index < -0.39 is 0 Å². The molecule has 0 radical (unpaired) electrons. The molecule has 15 heavy (non-hydrogen) atoms. The fourth-order valence-corrected chi connectivity index (χ4v) is 1.83. The van der Waals surface area contributed by atoms with Gasteiger partial charge in [-0.15, -0.1) is 0 Å². The van der Waals surface area contributed by atoms with Gasteiger partial charge in [-0.2, -0.15) is 0 Å². The largest absolute Gasteiger partial charge is 0.467 e. The van der Waals surface area contributed by atoms with Gasteiger partial charge < -0.3 is 14.3 Å². The quantitative estimate of drug-likeness (QED) is 0.743. The summed E-state index contributed by atoms with van der Waals surface area (Å²) in [6.07, 6.45) is 2.02. The molecule has 1 heterocycles. The van der Waals surface area contributed by atoms with Crippen molar-refractivity contribution in [2.75, 3.05) is 6.79 Å². The fourth-order valence-electron chi connectivity index (χ4n) is 1.55. The number of hydrogen-bond acceptors (Lipinski definition) is 3. The molecule has 0 saturated heterocycles. The van der Waals surface area contributed by atoms with Crippen molar-refractivity contribution in [3.8, 4) is 5.75 Å². The Morgan fingerprint density at radius 2 is 2.33 bits per heavy atom. The van der Waals surface area contributed by atoms with Crippen LogP contribution < -0.4 is 4.74 Å². The molecule has 0 bridgehead atoms. The molecule has 2 rings (SSSR count). The van der Waals surface area contributed by atoms with E-state index in [1.165, 1.54) is 0 Å². The number of ether oxygens (including phenoxy) is 2. The maximum atomic E-state index is 10.3. The number of halogens is 1. The van der Waals surface area contributed by atoms with Gasteiger partial charge in [0.05, 0.1) is 6.61 Å². The highest BCUT2D eigenvalue weighted by molar-refractivity contribution is 6.31. The van der Waals surface area contributed by atoms with Crippen LogP contribution in [0.5, 0.6) is 5.75 Å². The normalized spacial score (nSPS) is 14.2. The van der Waals surface area contributed by atoms with Gasteiger partial charge in [-0.25, -0.2) is 0 Å². The Balaban J connectivity index is 2.27. The summed E-state index contributed by atoms with van der Waals surface area (Å²) < 4.78 is 10.5. The van der Waals surface area contributed by atoms with Crippen molar-refractivity contribution in [1.29, 1.82) is 0 Å². The number of carbonyl (C=O) groups is 1. The lowest BCUT2D eigenvalue weighted by Gasteiger charge is -2.19. The number of aryl methyl sites for hydroxylation is 1. The second-order valence-corrected chi connectivity index (χ2v) is 3.77. The lowest BCUT2D eigenvalue weighted by Crippen LogP contribution is -2.11. The SMILES string of the molecule is O=CCCc1cc2c(cc1Cl)COCO2. The molecular weight excluding hydrogens is 216 g/mol. The van der Waals surface area contributed by atoms with Gasteiger partial charge in [0.2, 0.25) is 0 Å². The van der Waals surface area contributed by atoms with Crippen molar-refractivity contribution in [2.45, 2.75) is 19.4 Å². The first-order chi connectivity index (χ1) is 7.31. The molecule has 0 aliphatic carbocycles. The van der Waals surface area contributed by atoms with Crippen LogP contribution in [0.4, 0.5) is 0 Å². The highest BCUT2D eigenvalue weighted by atomic mass is 35.5. The topological polar surface area (TPSA) is 35.5 Å². The summed E-state index contributed by atoms with van der Waals surface area (Å²) >= 11 is 6.07. The molecule has 1 aromatic carbocycles. The lowest BCUT2D eigenvalue weighted by atomic mass is 10.1. The van der Waals surface area contributed by atoms with Crippen LogP contribution in [0.1, 0.15) is 17.5 Å².